The molecule has 0 spiro atoms. The summed E-state index contributed by atoms with van der Waals surface area (Å²) in [7, 11) is 3.04. The first kappa shape index (κ1) is 18.2. The minimum atomic E-state index is -0.520. The number of hydrogen-bond donors (Lipinski definition) is 2. The Hall–Kier alpha value is -2.58. The summed E-state index contributed by atoms with van der Waals surface area (Å²) >= 11 is 0. The third-order valence-corrected chi connectivity index (χ3v) is 4.44. The predicted octanol–water partition coefficient (Wildman–Crippen LogP) is 1.15. The monoisotopic (exact) mass is 361 g/mol. The van der Waals surface area contributed by atoms with Gasteiger partial charge in [0.2, 0.25) is 0 Å². The number of carbonyl (C=O) groups is 2. The highest BCUT2D eigenvalue weighted by molar-refractivity contribution is 6.01. The summed E-state index contributed by atoms with van der Waals surface area (Å²) in [6, 6.07) is 6.54. The lowest BCUT2D eigenvalue weighted by atomic mass is 9.96. The van der Waals surface area contributed by atoms with Gasteiger partial charge in [0.1, 0.15) is 5.75 Å². The Labute approximate surface area is 152 Å². The minimum Gasteiger partial charge on any atom is -0.494 e. The smallest absolute Gasteiger partial charge is 0.319 e. The van der Waals surface area contributed by atoms with E-state index in [1.807, 2.05) is 31.2 Å². The van der Waals surface area contributed by atoms with Gasteiger partial charge in [0.15, 0.2) is 6.29 Å². The van der Waals surface area contributed by atoms with Crippen molar-refractivity contribution in [2.75, 3.05) is 33.9 Å². The molecule has 0 bridgehead atoms. The van der Waals surface area contributed by atoms with E-state index in [2.05, 4.69) is 10.6 Å². The van der Waals surface area contributed by atoms with E-state index in [9.17, 15) is 9.59 Å². The molecular formula is C18H23N3O5. The van der Waals surface area contributed by atoms with Gasteiger partial charge in [0.05, 0.1) is 37.0 Å². The Balaban J connectivity index is 1.84. The Bertz CT molecular complexity index is 712. The van der Waals surface area contributed by atoms with E-state index in [0.717, 1.165) is 11.3 Å². The molecule has 2 heterocycles. The van der Waals surface area contributed by atoms with E-state index in [4.69, 9.17) is 14.2 Å². The molecule has 1 unspecified atom stereocenters. The van der Waals surface area contributed by atoms with E-state index in [1.54, 1.807) is 4.90 Å². The van der Waals surface area contributed by atoms with Crippen LogP contribution in [0.4, 0.5) is 4.79 Å². The highest BCUT2D eigenvalue weighted by atomic mass is 16.7. The fourth-order valence-corrected chi connectivity index (χ4v) is 3.17. The first-order valence-corrected chi connectivity index (χ1v) is 8.45. The quantitative estimate of drug-likeness (QED) is 0.712. The summed E-state index contributed by atoms with van der Waals surface area (Å²) in [6.07, 6.45) is -0.520. The third-order valence-electron chi connectivity index (χ3n) is 4.44. The normalized spacial score (nSPS) is 19.5. The summed E-state index contributed by atoms with van der Waals surface area (Å²) in [5.41, 5.74) is 1.98. The van der Waals surface area contributed by atoms with E-state index in [-0.39, 0.29) is 18.5 Å². The van der Waals surface area contributed by atoms with Gasteiger partial charge in [0.25, 0.3) is 5.91 Å². The van der Waals surface area contributed by atoms with E-state index >= 15 is 0 Å². The molecule has 0 saturated heterocycles. The molecular weight excluding hydrogens is 338 g/mol. The Morgan fingerprint density at radius 3 is 2.50 bits per heavy atom. The zero-order valence-corrected chi connectivity index (χ0v) is 15.1. The maximum Gasteiger partial charge on any atom is 0.319 e. The average Bonchev–Trinajstić information content (AvgIpc) is 2.95. The van der Waals surface area contributed by atoms with Crippen molar-refractivity contribution in [2.45, 2.75) is 19.3 Å². The number of ether oxygens (including phenoxy) is 3. The van der Waals surface area contributed by atoms with Crippen LogP contribution in [0.3, 0.4) is 0 Å². The lowest BCUT2D eigenvalue weighted by Crippen LogP contribution is -2.44. The van der Waals surface area contributed by atoms with Gasteiger partial charge in [-0.05, 0) is 24.6 Å². The van der Waals surface area contributed by atoms with Gasteiger partial charge >= 0.3 is 6.03 Å². The fraction of sp³-hybridized carbons (Fsp3) is 0.444. The van der Waals surface area contributed by atoms with Gasteiger partial charge in [-0.2, -0.15) is 0 Å². The standard InChI is InChI=1S/C18H23N3O5/c1-4-26-12-7-5-11(6-8-12)16-15-13(19-18(23)20-16)9-21(17(15)22)10-14(24-2)25-3/h5-8,14,16H,4,9-10H2,1-3H3,(H2,19,20,23). The molecule has 1 atom stereocenters. The van der Waals surface area contributed by atoms with Crippen LogP contribution in [-0.4, -0.2) is 57.0 Å². The summed E-state index contributed by atoms with van der Waals surface area (Å²) < 4.78 is 15.8. The zero-order chi connectivity index (χ0) is 18.7. The zero-order valence-electron chi connectivity index (χ0n) is 15.1. The van der Waals surface area contributed by atoms with Gasteiger partial charge in [-0.3, -0.25) is 4.79 Å². The summed E-state index contributed by atoms with van der Waals surface area (Å²) in [5.74, 6) is 0.596. The molecule has 1 aromatic rings. The highest BCUT2D eigenvalue weighted by Crippen LogP contribution is 2.33. The lowest BCUT2D eigenvalue weighted by molar-refractivity contribution is -0.140. The van der Waals surface area contributed by atoms with Gasteiger partial charge in [-0.1, -0.05) is 12.1 Å². The van der Waals surface area contributed by atoms with Gasteiger partial charge in [-0.25, -0.2) is 4.79 Å². The van der Waals surface area contributed by atoms with Gasteiger partial charge in [-0.15, -0.1) is 0 Å². The number of nitrogens with zero attached hydrogens (tertiary/aromatic N) is 1. The Morgan fingerprint density at radius 1 is 1.19 bits per heavy atom. The van der Waals surface area contributed by atoms with E-state index in [1.165, 1.54) is 14.2 Å². The molecule has 3 amide bonds. The summed E-state index contributed by atoms with van der Waals surface area (Å²) in [6.45, 7) is 3.09. The molecule has 0 radical (unpaired) electrons. The number of urea groups is 1. The molecule has 0 fully saturated rings. The van der Waals surface area contributed by atoms with Crippen LogP contribution in [0.15, 0.2) is 35.5 Å². The Kier molecular flexibility index (Phi) is 5.43. The second-order valence-corrected chi connectivity index (χ2v) is 6.01. The molecule has 2 N–H and O–H groups in total. The predicted molar refractivity (Wildman–Crippen MR) is 93.4 cm³/mol. The second kappa shape index (κ2) is 7.76. The van der Waals surface area contributed by atoms with Crippen molar-refractivity contribution < 1.29 is 23.8 Å². The van der Waals surface area contributed by atoms with Crippen molar-refractivity contribution in [3.05, 3.63) is 41.1 Å². The van der Waals surface area contributed by atoms with Crippen molar-refractivity contribution in [1.82, 2.24) is 15.5 Å². The average molecular weight is 361 g/mol. The van der Waals surface area contributed by atoms with E-state index in [0.29, 0.717) is 24.4 Å². The van der Waals surface area contributed by atoms with Crippen LogP contribution in [0.25, 0.3) is 0 Å². The van der Waals surface area contributed by atoms with Crippen LogP contribution in [0.5, 0.6) is 5.75 Å². The topological polar surface area (TPSA) is 89.1 Å². The van der Waals surface area contributed by atoms with Crippen molar-refractivity contribution in [1.29, 1.82) is 0 Å². The molecule has 0 aromatic heterocycles. The molecule has 0 aliphatic carbocycles. The number of amides is 3. The largest absolute Gasteiger partial charge is 0.494 e. The van der Waals surface area contributed by atoms with Crippen molar-refractivity contribution in [3.63, 3.8) is 0 Å². The maximum atomic E-state index is 12.9. The first-order valence-electron chi connectivity index (χ1n) is 8.45. The van der Waals surface area contributed by atoms with Crippen LogP contribution >= 0.6 is 0 Å². The van der Waals surface area contributed by atoms with E-state index < -0.39 is 12.3 Å². The Morgan fingerprint density at radius 2 is 1.88 bits per heavy atom. The molecule has 0 saturated carbocycles. The number of hydrogen-bond acceptors (Lipinski definition) is 5. The molecule has 2 aliphatic heterocycles. The van der Waals surface area contributed by atoms with Crippen LogP contribution in [0.2, 0.25) is 0 Å². The second-order valence-electron chi connectivity index (χ2n) is 6.01. The van der Waals surface area contributed by atoms with Crippen LogP contribution in [0.1, 0.15) is 18.5 Å². The molecule has 2 aliphatic rings. The number of carbonyl (C=O) groups excluding carboxylic acids is 2. The SMILES string of the molecule is CCOc1ccc(C2NC(=O)NC3=C2C(=O)N(CC(OC)OC)C3)cc1. The summed E-state index contributed by atoms with van der Waals surface area (Å²) in [4.78, 5) is 26.6. The highest BCUT2D eigenvalue weighted by Gasteiger charge is 2.40. The molecule has 8 heteroatoms. The molecule has 140 valence electrons. The number of benzene rings is 1. The van der Waals surface area contributed by atoms with Crippen molar-refractivity contribution in [3.8, 4) is 5.75 Å². The van der Waals surface area contributed by atoms with Gasteiger partial charge in [0, 0.05) is 14.2 Å². The molecule has 1 aromatic carbocycles. The van der Waals surface area contributed by atoms with Crippen LogP contribution < -0.4 is 15.4 Å². The third kappa shape index (κ3) is 3.51. The summed E-state index contributed by atoms with van der Waals surface area (Å²) in [5, 5.41) is 5.57. The number of methoxy groups -OCH3 is 2. The molecule has 26 heavy (non-hydrogen) atoms. The fourth-order valence-electron chi connectivity index (χ4n) is 3.17. The molecule has 3 rings (SSSR count). The minimum absolute atomic E-state index is 0.148. The first-order chi connectivity index (χ1) is 12.6. The van der Waals surface area contributed by atoms with Crippen LogP contribution in [-0.2, 0) is 14.3 Å². The van der Waals surface area contributed by atoms with Crippen molar-refractivity contribution >= 4 is 11.9 Å². The number of nitrogens with one attached hydrogen (secondary N) is 2. The van der Waals surface area contributed by atoms with Crippen LogP contribution in [0, 0.1) is 0 Å². The maximum absolute atomic E-state index is 12.9. The lowest BCUT2D eigenvalue weighted by Gasteiger charge is -2.26. The molecule has 8 nitrogen and oxygen atoms in total. The van der Waals surface area contributed by atoms with Gasteiger partial charge < -0.3 is 29.7 Å². The number of rotatable bonds is 7. The van der Waals surface area contributed by atoms with Crippen molar-refractivity contribution in [2.24, 2.45) is 0 Å².